The van der Waals surface area contributed by atoms with Crippen LogP contribution in [-0.4, -0.2) is 10.8 Å². The smallest absolute Gasteiger partial charge is 0.167 e. The predicted molar refractivity (Wildman–Crippen MR) is 69.2 cm³/mol. The molecule has 1 fully saturated rings. The molecule has 3 unspecified atom stereocenters. The molecule has 0 bridgehead atoms. The van der Waals surface area contributed by atoms with E-state index in [-0.39, 0.29) is 11.7 Å². The Labute approximate surface area is 107 Å². The van der Waals surface area contributed by atoms with Gasteiger partial charge in [0.1, 0.15) is 5.15 Å². The van der Waals surface area contributed by atoms with E-state index in [0.717, 1.165) is 25.2 Å². The summed E-state index contributed by atoms with van der Waals surface area (Å²) in [5.74, 6) is 1.78. The number of hydrogen-bond acceptors (Lipinski definition) is 2. The maximum absolute atomic E-state index is 12.3. The van der Waals surface area contributed by atoms with Crippen molar-refractivity contribution in [3.05, 3.63) is 29.0 Å². The molecule has 0 N–H and O–H groups in total. The van der Waals surface area contributed by atoms with Gasteiger partial charge in [-0.15, -0.1) is 0 Å². The van der Waals surface area contributed by atoms with E-state index in [0.29, 0.717) is 16.6 Å². The Kier molecular flexibility index (Phi) is 3.82. The van der Waals surface area contributed by atoms with Gasteiger partial charge in [0.05, 0.1) is 0 Å². The lowest BCUT2D eigenvalue weighted by Gasteiger charge is -2.31. The molecule has 0 radical (unpaired) electrons. The van der Waals surface area contributed by atoms with E-state index in [1.807, 2.05) is 0 Å². The van der Waals surface area contributed by atoms with Gasteiger partial charge in [-0.1, -0.05) is 25.4 Å². The maximum atomic E-state index is 12.3. The van der Waals surface area contributed by atoms with E-state index in [2.05, 4.69) is 18.8 Å². The molecular weight excluding hydrogens is 234 g/mol. The molecule has 1 aliphatic carbocycles. The molecule has 2 rings (SSSR count). The second kappa shape index (κ2) is 5.18. The van der Waals surface area contributed by atoms with Crippen LogP contribution in [0.25, 0.3) is 0 Å². The number of carbonyl (C=O) groups is 1. The highest BCUT2D eigenvalue weighted by molar-refractivity contribution is 6.29. The van der Waals surface area contributed by atoms with Gasteiger partial charge < -0.3 is 0 Å². The third-order valence-corrected chi connectivity index (χ3v) is 4.20. The van der Waals surface area contributed by atoms with Gasteiger partial charge >= 0.3 is 0 Å². The van der Waals surface area contributed by atoms with Crippen molar-refractivity contribution in [1.29, 1.82) is 0 Å². The summed E-state index contributed by atoms with van der Waals surface area (Å²) in [6.45, 7) is 4.51. The van der Waals surface area contributed by atoms with Crippen LogP contribution in [0.15, 0.2) is 18.3 Å². The van der Waals surface area contributed by atoms with Gasteiger partial charge in [-0.25, -0.2) is 4.98 Å². The van der Waals surface area contributed by atoms with E-state index in [4.69, 9.17) is 11.6 Å². The third-order valence-electron chi connectivity index (χ3n) is 3.98. The summed E-state index contributed by atoms with van der Waals surface area (Å²) in [5.41, 5.74) is 0.696. The van der Waals surface area contributed by atoms with Crippen molar-refractivity contribution in [2.45, 2.75) is 33.1 Å². The van der Waals surface area contributed by atoms with Crippen molar-refractivity contribution in [2.24, 2.45) is 17.8 Å². The van der Waals surface area contributed by atoms with Crippen LogP contribution in [0, 0.1) is 17.8 Å². The topological polar surface area (TPSA) is 30.0 Å². The summed E-state index contributed by atoms with van der Waals surface area (Å²) in [6, 6.07) is 3.46. The van der Waals surface area contributed by atoms with Crippen molar-refractivity contribution in [2.75, 3.05) is 0 Å². The Hall–Kier alpha value is -0.890. The van der Waals surface area contributed by atoms with Crippen LogP contribution in [0.2, 0.25) is 5.15 Å². The molecule has 3 heteroatoms. The van der Waals surface area contributed by atoms with Crippen LogP contribution in [0.1, 0.15) is 43.5 Å². The molecule has 0 spiro atoms. The van der Waals surface area contributed by atoms with Gasteiger partial charge in [-0.2, -0.15) is 0 Å². The number of rotatable bonds is 2. The number of carbonyl (C=O) groups excluding carboxylic acids is 1. The first-order chi connectivity index (χ1) is 8.08. The van der Waals surface area contributed by atoms with Crippen LogP contribution >= 0.6 is 11.6 Å². The van der Waals surface area contributed by atoms with Crippen molar-refractivity contribution in [1.82, 2.24) is 4.98 Å². The van der Waals surface area contributed by atoms with E-state index < -0.39 is 0 Å². The Bertz CT molecular complexity index is 401. The minimum atomic E-state index is 0.171. The number of pyridine rings is 1. The van der Waals surface area contributed by atoms with E-state index in [1.165, 1.54) is 0 Å². The SMILES string of the molecule is CC1CCC(C(=O)c2ccc(Cl)nc2)CC1C. The van der Waals surface area contributed by atoms with E-state index in [1.54, 1.807) is 18.3 Å². The van der Waals surface area contributed by atoms with Gasteiger partial charge in [-0.3, -0.25) is 4.79 Å². The van der Waals surface area contributed by atoms with Crippen LogP contribution < -0.4 is 0 Å². The highest BCUT2D eigenvalue weighted by Gasteiger charge is 2.29. The summed E-state index contributed by atoms with van der Waals surface area (Å²) in [4.78, 5) is 16.3. The first kappa shape index (κ1) is 12.6. The zero-order chi connectivity index (χ0) is 12.4. The average molecular weight is 252 g/mol. The van der Waals surface area contributed by atoms with Gasteiger partial charge in [0.15, 0.2) is 5.78 Å². The van der Waals surface area contributed by atoms with Crippen LogP contribution in [0.4, 0.5) is 0 Å². The molecule has 92 valence electrons. The van der Waals surface area contributed by atoms with E-state index >= 15 is 0 Å². The number of hydrogen-bond donors (Lipinski definition) is 0. The Morgan fingerprint density at radius 2 is 2.06 bits per heavy atom. The van der Waals surface area contributed by atoms with Crippen LogP contribution in [0.5, 0.6) is 0 Å². The van der Waals surface area contributed by atoms with E-state index in [9.17, 15) is 4.79 Å². The fourth-order valence-corrected chi connectivity index (χ4v) is 2.65. The van der Waals surface area contributed by atoms with Gasteiger partial charge in [0.25, 0.3) is 0 Å². The minimum Gasteiger partial charge on any atom is -0.294 e. The highest BCUT2D eigenvalue weighted by Crippen LogP contribution is 2.34. The lowest BCUT2D eigenvalue weighted by atomic mass is 9.73. The molecule has 1 aromatic rings. The summed E-state index contributed by atoms with van der Waals surface area (Å²) >= 11 is 5.72. The van der Waals surface area contributed by atoms with Gasteiger partial charge in [0, 0.05) is 17.7 Å². The molecule has 1 saturated carbocycles. The Balaban J connectivity index is 2.08. The molecule has 3 atom stereocenters. The molecule has 0 aromatic carbocycles. The quantitative estimate of drug-likeness (QED) is 0.588. The first-order valence-corrected chi connectivity index (χ1v) is 6.61. The zero-order valence-electron chi connectivity index (χ0n) is 10.3. The molecule has 17 heavy (non-hydrogen) atoms. The monoisotopic (exact) mass is 251 g/mol. The van der Waals surface area contributed by atoms with Crippen LogP contribution in [-0.2, 0) is 0 Å². The molecule has 2 nitrogen and oxygen atoms in total. The lowest BCUT2D eigenvalue weighted by molar-refractivity contribution is 0.0837. The van der Waals surface area contributed by atoms with Crippen LogP contribution in [0.3, 0.4) is 0 Å². The normalized spacial score (nSPS) is 29.0. The number of halogens is 1. The number of ketones is 1. The number of aromatic nitrogens is 1. The second-order valence-corrected chi connectivity index (χ2v) is 5.59. The summed E-state index contributed by atoms with van der Waals surface area (Å²) in [6.07, 6.45) is 4.75. The standard InChI is InChI=1S/C14H18ClNO/c1-9-3-4-11(7-10(9)2)14(17)12-5-6-13(15)16-8-12/h5-6,8-11H,3-4,7H2,1-2H3. The largest absolute Gasteiger partial charge is 0.294 e. The zero-order valence-corrected chi connectivity index (χ0v) is 11.1. The molecule has 1 aliphatic rings. The Morgan fingerprint density at radius 3 is 2.65 bits per heavy atom. The summed E-state index contributed by atoms with van der Waals surface area (Å²) in [5, 5.41) is 0.437. The van der Waals surface area contributed by atoms with Gasteiger partial charge in [-0.05, 0) is 43.2 Å². The average Bonchev–Trinajstić information content (AvgIpc) is 2.33. The summed E-state index contributed by atoms with van der Waals surface area (Å²) < 4.78 is 0. The maximum Gasteiger partial charge on any atom is 0.167 e. The van der Waals surface area contributed by atoms with Crippen molar-refractivity contribution >= 4 is 17.4 Å². The first-order valence-electron chi connectivity index (χ1n) is 6.23. The second-order valence-electron chi connectivity index (χ2n) is 5.20. The summed E-state index contributed by atoms with van der Waals surface area (Å²) in [7, 11) is 0. The molecule has 0 saturated heterocycles. The molecule has 0 aliphatic heterocycles. The fraction of sp³-hybridized carbons (Fsp3) is 0.571. The van der Waals surface area contributed by atoms with Crippen molar-refractivity contribution < 1.29 is 4.79 Å². The van der Waals surface area contributed by atoms with Gasteiger partial charge in [0.2, 0.25) is 0 Å². The molecule has 1 heterocycles. The lowest BCUT2D eigenvalue weighted by Crippen LogP contribution is -2.26. The number of Topliss-reactive ketones (excluding diaryl/α,β-unsaturated/α-hetero) is 1. The third kappa shape index (κ3) is 2.86. The highest BCUT2D eigenvalue weighted by atomic mass is 35.5. The van der Waals surface area contributed by atoms with Crippen molar-refractivity contribution in [3.8, 4) is 0 Å². The molecule has 1 aromatic heterocycles. The molecular formula is C14H18ClNO. The molecule has 0 amide bonds. The predicted octanol–water partition coefficient (Wildman–Crippen LogP) is 3.99. The Morgan fingerprint density at radius 1 is 1.29 bits per heavy atom. The fourth-order valence-electron chi connectivity index (χ4n) is 2.54. The number of nitrogens with zero attached hydrogens (tertiary/aromatic N) is 1. The van der Waals surface area contributed by atoms with Crippen molar-refractivity contribution in [3.63, 3.8) is 0 Å². The minimum absolute atomic E-state index is 0.171.